The molecule has 0 bridgehead atoms. The third-order valence-electron chi connectivity index (χ3n) is 3.04. The molecule has 5 heteroatoms. The minimum Gasteiger partial charge on any atom is -0.478 e. The zero-order valence-electron chi connectivity index (χ0n) is 12.4. The van der Waals surface area contributed by atoms with Crippen LogP contribution >= 0.6 is 0 Å². The second-order valence-electron chi connectivity index (χ2n) is 5.90. The second-order valence-corrected chi connectivity index (χ2v) is 5.90. The van der Waals surface area contributed by atoms with Gasteiger partial charge in [0.05, 0.1) is 5.56 Å². The van der Waals surface area contributed by atoms with Gasteiger partial charge in [0, 0.05) is 30.0 Å². The number of carbonyl (C=O) groups is 1. The van der Waals surface area contributed by atoms with Crippen LogP contribution in [0, 0.1) is 0 Å². The number of hydrogen-bond donors (Lipinski definition) is 2. The molecule has 0 aromatic carbocycles. The first-order chi connectivity index (χ1) is 9.86. The molecule has 0 fully saturated rings. The molecule has 0 radical (unpaired) electrons. The number of aromatic nitrogens is 2. The number of nitrogens with one attached hydrogen (secondary N) is 1. The van der Waals surface area contributed by atoms with Crippen molar-refractivity contribution in [2.24, 2.45) is 0 Å². The zero-order chi connectivity index (χ0) is 15.5. The van der Waals surface area contributed by atoms with Crippen LogP contribution in [0.4, 0.5) is 5.82 Å². The van der Waals surface area contributed by atoms with Gasteiger partial charge in [-0.1, -0.05) is 26.8 Å². The van der Waals surface area contributed by atoms with E-state index in [1.807, 2.05) is 32.9 Å². The predicted octanol–water partition coefficient (Wildman–Crippen LogP) is 3.08. The summed E-state index contributed by atoms with van der Waals surface area (Å²) in [6.45, 7) is 6.57. The Morgan fingerprint density at radius 2 is 2.10 bits per heavy atom. The molecule has 2 aromatic heterocycles. The first kappa shape index (κ1) is 15.0. The van der Waals surface area contributed by atoms with Gasteiger partial charge in [-0.25, -0.2) is 9.78 Å². The average molecular weight is 285 g/mol. The lowest BCUT2D eigenvalue weighted by atomic mass is 9.91. The van der Waals surface area contributed by atoms with Gasteiger partial charge in [0.1, 0.15) is 5.82 Å². The molecule has 2 aromatic rings. The number of pyridine rings is 2. The summed E-state index contributed by atoms with van der Waals surface area (Å²) in [5.41, 5.74) is 1.79. The third-order valence-corrected chi connectivity index (χ3v) is 3.04. The van der Waals surface area contributed by atoms with Crippen molar-refractivity contribution in [2.45, 2.75) is 32.7 Å². The van der Waals surface area contributed by atoms with E-state index in [9.17, 15) is 9.90 Å². The summed E-state index contributed by atoms with van der Waals surface area (Å²) in [6.07, 6.45) is 3.48. The van der Waals surface area contributed by atoms with Gasteiger partial charge in [0.2, 0.25) is 0 Å². The maximum absolute atomic E-state index is 11.2. The molecule has 110 valence electrons. The SMILES string of the molecule is CC(C)(C)c1cc(C(=O)O)cc(NCc2cccnc2)n1. The lowest BCUT2D eigenvalue weighted by molar-refractivity contribution is 0.0696. The molecule has 0 spiro atoms. The number of carboxylic acids is 1. The quantitative estimate of drug-likeness (QED) is 0.903. The summed E-state index contributed by atoms with van der Waals surface area (Å²) in [5, 5.41) is 12.4. The van der Waals surface area contributed by atoms with Gasteiger partial charge < -0.3 is 10.4 Å². The van der Waals surface area contributed by atoms with Crippen molar-refractivity contribution < 1.29 is 9.90 Å². The van der Waals surface area contributed by atoms with Gasteiger partial charge in [-0.2, -0.15) is 0 Å². The van der Waals surface area contributed by atoms with E-state index < -0.39 is 5.97 Å². The van der Waals surface area contributed by atoms with Crippen LogP contribution in [0.15, 0.2) is 36.7 Å². The number of nitrogens with zero attached hydrogens (tertiary/aromatic N) is 2. The fourth-order valence-electron chi connectivity index (χ4n) is 1.82. The van der Waals surface area contributed by atoms with Crippen LogP contribution in [0.3, 0.4) is 0 Å². The van der Waals surface area contributed by atoms with E-state index in [-0.39, 0.29) is 11.0 Å². The topological polar surface area (TPSA) is 75.1 Å². The first-order valence-corrected chi connectivity index (χ1v) is 6.75. The molecule has 0 aliphatic carbocycles. The Morgan fingerprint density at radius 1 is 1.33 bits per heavy atom. The molecule has 0 saturated carbocycles. The number of carboxylic acid groups (broad SMARTS) is 1. The van der Waals surface area contributed by atoms with Crippen LogP contribution in [0.25, 0.3) is 0 Å². The van der Waals surface area contributed by atoms with Gasteiger partial charge in [0.25, 0.3) is 0 Å². The minimum atomic E-state index is -0.952. The third kappa shape index (κ3) is 4.02. The highest BCUT2D eigenvalue weighted by Crippen LogP contribution is 2.23. The van der Waals surface area contributed by atoms with Crippen LogP contribution in [0.2, 0.25) is 0 Å². The van der Waals surface area contributed by atoms with Crippen LogP contribution in [0.1, 0.15) is 42.4 Å². The normalized spacial score (nSPS) is 11.2. The smallest absolute Gasteiger partial charge is 0.335 e. The summed E-state index contributed by atoms with van der Waals surface area (Å²) in [6, 6.07) is 6.98. The lowest BCUT2D eigenvalue weighted by Crippen LogP contribution is -2.16. The van der Waals surface area contributed by atoms with Gasteiger partial charge in [-0.05, 0) is 23.8 Å². The second kappa shape index (κ2) is 5.91. The Balaban J connectivity index is 2.26. The largest absolute Gasteiger partial charge is 0.478 e. The first-order valence-electron chi connectivity index (χ1n) is 6.75. The van der Waals surface area contributed by atoms with E-state index in [0.717, 1.165) is 11.3 Å². The van der Waals surface area contributed by atoms with Crippen molar-refractivity contribution in [1.82, 2.24) is 9.97 Å². The molecule has 0 saturated heterocycles. The highest BCUT2D eigenvalue weighted by molar-refractivity contribution is 5.88. The van der Waals surface area contributed by atoms with Crippen LogP contribution in [0.5, 0.6) is 0 Å². The minimum absolute atomic E-state index is 0.212. The molecule has 2 heterocycles. The Bertz CT molecular complexity index is 634. The van der Waals surface area contributed by atoms with Gasteiger partial charge in [0.15, 0.2) is 0 Å². The highest BCUT2D eigenvalue weighted by Gasteiger charge is 2.19. The van der Waals surface area contributed by atoms with E-state index >= 15 is 0 Å². The molecule has 0 aliphatic heterocycles. The molecule has 0 amide bonds. The van der Waals surface area contributed by atoms with Crippen molar-refractivity contribution in [1.29, 1.82) is 0 Å². The number of aromatic carboxylic acids is 1. The number of anilines is 1. The van der Waals surface area contributed by atoms with Crippen LogP contribution in [-0.2, 0) is 12.0 Å². The molecule has 2 N–H and O–H groups in total. The van der Waals surface area contributed by atoms with Crippen LogP contribution in [-0.4, -0.2) is 21.0 Å². The van der Waals surface area contributed by atoms with Crippen molar-refractivity contribution >= 4 is 11.8 Å². The van der Waals surface area contributed by atoms with E-state index in [1.54, 1.807) is 24.5 Å². The molecule has 0 aliphatic rings. The Labute approximate surface area is 124 Å². The van der Waals surface area contributed by atoms with Crippen molar-refractivity contribution in [3.05, 3.63) is 53.5 Å². The van der Waals surface area contributed by atoms with Gasteiger partial charge >= 0.3 is 5.97 Å². The standard InChI is InChI=1S/C16H19N3O2/c1-16(2,3)13-7-12(15(20)21)8-14(19-13)18-10-11-5-4-6-17-9-11/h4-9H,10H2,1-3H3,(H,18,19)(H,20,21). The maximum Gasteiger partial charge on any atom is 0.335 e. The van der Waals surface area contributed by atoms with E-state index in [1.165, 1.54) is 0 Å². The van der Waals surface area contributed by atoms with Crippen molar-refractivity contribution in [3.8, 4) is 0 Å². The maximum atomic E-state index is 11.2. The summed E-state index contributed by atoms with van der Waals surface area (Å²) < 4.78 is 0. The number of rotatable bonds is 4. The Kier molecular flexibility index (Phi) is 4.21. The summed E-state index contributed by atoms with van der Waals surface area (Å²) in [5.74, 6) is -0.393. The zero-order valence-corrected chi connectivity index (χ0v) is 12.4. The van der Waals surface area contributed by atoms with Crippen LogP contribution < -0.4 is 5.32 Å². The van der Waals surface area contributed by atoms with E-state index in [2.05, 4.69) is 15.3 Å². The fraction of sp³-hybridized carbons (Fsp3) is 0.312. The molecule has 21 heavy (non-hydrogen) atoms. The molecule has 0 atom stereocenters. The summed E-state index contributed by atoms with van der Waals surface area (Å²) in [4.78, 5) is 19.8. The Hall–Kier alpha value is -2.43. The predicted molar refractivity (Wildman–Crippen MR) is 81.5 cm³/mol. The molecular weight excluding hydrogens is 266 g/mol. The van der Waals surface area contributed by atoms with Crippen molar-refractivity contribution in [2.75, 3.05) is 5.32 Å². The van der Waals surface area contributed by atoms with Gasteiger partial charge in [-0.3, -0.25) is 4.98 Å². The van der Waals surface area contributed by atoms with Gasteiger partial charge in [-0.15, -0.1) is 0 Å². The monoisotopic (exact) mass is 285 g/mol. The highest BCUT2D eigenvalue weighted by atomic mass is 16.4. The number of hydrogen-bond acceptors (Lipinski definition) is 4. The Morgan fingerprint density at radius 3 is 2.67 bits per heavy atom. The molecular formula is C16H19N3O2. The van der Waals surface area contributed by atoms with E-state index in [0.29, 0.717) is 12.4 Å². The van der Waals surface area contributed by atoms with E-state index in [4.69, 9.17) is 0 Å². The summed E-state index contributed by atoms with van der Waals surface area (Å²) >= 11 is 0. The molecule has 0 unspecified atom stereocenters. The molecule has 2 rings (SSSR count). The lowest BCUT2D eigenvalue weighted by Gasteiger charge is -2.19. The summed E-state index contributed by atoms with van der Waals surface area (Å²) in [7, 11) is 0. The van der Waals surface area contributed by atoms with Crippen molar-refractivity contribution in [3.63, 3.8) is 0 Å². The average Bonchev–Trinajstić information content (AvgIpc) is 2.45. The molecule has 5 nitrogen and oxygen atoms in total. The fourth-order valence-corrected chi connectivity index (χ4v) is 1.82.